The molecule has 0 heterocycles. The van der Waals surface area contributed by atoms with E-state index in [2.05, 4.69) is 10.6 Å². The zero-order valence-corrected chi connectivity index (χ0v) is 12.3. The molecule has 0 aliphatic carbocycles. The van der Waals surface area contributed by atoms with Gasteiger partial charge in [0.2, 0.25) is 0 Å². The highest BCUT2D eigenvalue weighted by molar-refractivity contribution is 5.79. The molecule has 0 fully saturated rings. The van der Waals surface area contributed by atoms with Crippen LogP contribution in [0.5, 0.6) is 0 Å². The van der Waals surface area contributed by atoms with E-state index in [1.807, 2.05) is 43.3 Å². The van der Waals surface area contributed by atoms with Crippen LogP contribution in [0.1, 0.15) is 0 Å². The number of anilines is 4. The van der Waals surface area contributed by atoms with Crippen molar-refractivity contribution in [2.24, 2.45) is 0 Å². The average molecular weight is 286 g/mol. The number of para-hydroxylation sites is 1. The second-order valence-corrected chi connectivity index (χ2v) is 4.78. The third-order valence-corrected chi connectivity index (χ3v) is 3.15. The second kappa shape index (κ2) is 6.13. The molecular weight excluding hydrogens is 268 g/mol. The van der Waals surface area contributed by atoms with E-state index in [0.717, 1.165) is 11.4 Å². The summed E-state index contributed by atoms with van der Waals surface area (Å²) >= 11 is 0. The van der Waals surface area contributed by atoms with Crippen LogP contribution in [0.2, 0.25) is 0 Å². The fraction of sp³-hybridized carbons (Fsp3) is 0.200. The van der Waals surface area contributed by atoms with Crippen molar-refractivity contribution in [1.29, 1.82) is 0 Å². The molecule has 6 heteroatoms. The summed E-state index contributed by atoms with van der Waals surface area (Å²) in [5.74, 6) is 0. The van der Waals surface area contributed by atoms with Crippen molar-refractivity contribution < 1.29 is 4.92 Å². The number of nitro groups is 1. The molecule has 0 aliphatic rings. The fourth-order valence-electron chi connectivity index (χ4n) is 2.04. The van der Waals surface area contributed by atoms with E-state index in [9.17, 15) is 10.1 Å². The molecule has 0 radical (unpaired) electrons. The second-order valence-electron chi connectivity index (χ2n) is 4.78. The number of nitro benzene ring substituents is 1. The van der Waals surface area contributed by atoms with Crippen molar-refractivity contribution in [3.63, 3.8) is 0 Å². The van der Waals surface area contributed by atoms with E-state index in [-0.39, 0.29) is 10.6 Å². The van der Waals surface area contributed by atoms with Gasteiger partial charge in [0, 0.05) is 32.5 Å². The molecule has 0 aliphatic heterocycles. The molecule has 0 saturated heterocycles. The predicted octanol–water partition coefficient (Wildman–Crippen LogP) is 3.45. The lowest BCUT2D eigenvalue weighted by Crippen LogP contribution is -2.08. The minimum absolute atomic E-state index is 0.0386. The first kappa shape index (κ1) is 14.6. The van der Waals surface area contributed by atoms with Crippen molar-refractivity contribution in [3.8, 4) is 0 Å². The van der Waals surface area contributed by atoms with Crippen molar-refractivity contribution in [1.82, 2.24) is 0 Å². The van der Waals surface area contributed by atoms with Crippen LogP contribution in [0.25, 0.3) is 0 Å². The van der Waals surface area contributed by atoms with Crippen LogP contribution in [0.4, 0.5) is 28.4 Å². The monoisotopic (exact) mass is 286 g/mol. The Kier molecular flexibility index (Phi) is 4.27. The van der Waals surface area contributed by atoms with Gasteiger partial charge < -0.3 is 15.5 Å². The first-order valence-electron chi connectivity index (χ1n) is 6.52. The third-order valence-electron chi connectivity index (χ3n) is 3.15. The molecule has 0 saturated carbocycles. The number of hydrogen-bond acceptors (Lipinski definition) is 5. The van der Waals surface area contributed by atoms with Crippen molar-refractivity contribution >= 4 is 28.4 Å². The number of benzene rings is 2. The standard InChI is InChI=1S/C15H18N4O2/c1-16-13-5-4-6-14(15(13)19(20)21)17-11-7-9-12(10-8-11)18(2)3/h4-10,16-17H,1-3H3. The van der Waals surface area contributed by atoms with E-state index in [1.54, 1.807) is 25.2 Å². The normalized spacial score (nSPS) is 10.0. The third kappa shape index (κ3) is 3.22. The Balaban J connectivity index is 2.33. The van der Waals surface area contributed by atoms with E-state index in [4.69, 9.17) is 0 Å². The molecule has 0 unspecified atom stereocenters. The average Bonchev–Trinajstić information content (AvgIpc) is 2.47. The van der Waals surface area contributed by atoms with Crippen molar-refractivity contribution in [2.75, 3.05) is 36.7 Å². The van der Waals surface area contributed by atoms with Crippen molar-refractivity contribution in [3.05, 3.63) is 52.6 Å². The molecule has 2 aromatic rings. The Bertz CT molecular complexity index is 639. The SMILES string of the molecule is CNc1cccc(Nc2ccc(N(C)C)cc2)c1[N+](=O)[O-]. The summed E-state index contributed by atoms with van der Waals surface area (Å²) in [5, 5.41) is 17.2. The molecule has 0 aromatic heterocycles. The van der Waals surface area contributed by atoms with E-state index in [0.29, 0.717) is 11.4 Å². The van der Waals surface area contributed by atoms with Crippen LogP contribution >= 0.6 is 0 Å². The lowest BCUT2D eigenvalue weighted by atomic mass is 10.2. The Morgan fingerprint density at radius 2 is 1.67 bits per heavy atom. The minimum Gasteiger partial charge on any atom is -0.382 e. The predicted molar refractivity (Wildman–Crippen MR) is 86.7 cm³/mol. The topological polar surface area (TPSA) is 70.4 Å². The molecule has 0 amide bonds. The summed E-state index contributed by atoms with van der Waals surface area (Å²) in [4.78, 5) is 12.9. The van der Waals surface area contributed by atoms with E-state index < -0.39 is 0 Å². The molecule has 2 N–H and O–H groups in total. The van der Waals surface area contributed by atoms with Gasteiger partial charge in [-0.2, -0.15) is 0 Å². The van der Waals surface area contributed by atoms with Crippen LogP contribution < -0.4 is 15.5 Å². The summed E-state index contributed by atoms with van der Waals surface area (Å²) in [5.41, 5.74) is 2.85. The number of hydrogen-bond donors (Lipinski definition) is 2. The van der Waals surface area contributed by atoms with E-state index >= 15 is 0 Å². The summed E-state index contributed by atoms with van der Waals surface area (Å²) < 4.78 is 0. The highest BCUT2D eigenvalue weighted by Crippen LogP contribution is 2.34. The maximum absolute atomic E-state index is 11.3. The molecule has 2 aromatic carbocycles. The van der Waals surface area contributed by atoms with Crippen LogP contribution in [0.3, 0.4) is 0 Å². The van der Waals surface area contributed by atoms with Crippen LogP contribution in [-0.4, -0.2) is 26.1 Å². The van der Waals surface area contributed by atoms with Gasteiger partial charge in [-0.15, -0.1) is 0 Å². The van der Waals surface area contributed by atoms with Gasteiger partial charge in [0.05, 0.1) is 4.92 Å². The Morgan fingerprint density at radius 3 is 2.19 bits per heavy atom. The Labute approximate surface area is 123 Å². The highest BCUT2D eigenvalue weighted by atomic mass is 16.6. The number of rotatable bonds is 5. The first-order chi connectivity index (χ1) is 10.0. The van der Waals surface area contributed by atoms with Crippen LogP contribution in [0, 0.1) is 10.1 Å². The van der Waals surface area contributed by atoms with Gasteiger partial charge in [-0.3, -0.25) is 10.1 Å². The van der Waals surface area contributed by atoms with Crippen molar-refractivity contribution in [2.45, 2.75) is 0 Å². The molecule has 0 spiro atoms. The number of nitrogens with one attached hydrogen (secondary N) is 2. The Hall–Kier alpha value is -2.76. The molecule has 21 heavy (non-hydrogen) atoms. The molecule has 110 valence electrons. The van der Waals surface area contributed by atoms with E-state index in [1.165, 1.54) is 0 Å². The lowest BCUT2D eigenvalue weighted by molar-refractivity contribution is -0.383. The molecule has 2 rings (SSSR count). The van der Waals surface area contributed by atoms with Crippen LogP contribution in [0.15, 0.2) is 42.5 Å². The van der Waals surface area contributed by atoms with Gasteiger partial charge in [0.1, 0.15) is 11.4 Å². The molecule has 6 nitrogen and oxygen atoms in total. The first-order valence-corrected chi connectivity index (χ1v) is 6.52. The quantitative estimate of drug-likeness (QED) is 0.650. The van der Waals surface area contributed by atoms with Gasteiger partial charge in [0.15, 0.2) is 0 Å². The van der Waals surface area contributed by atoms with Crippen LogP contribution in [-0.2, 0) is 0 Å². The smallest absolute Gasteiger partial charge is 0.315 e. The maximum Gasteiger partial charge on any atom is 0.315 e. The largest absolute Gasteiger partial charge is 0.382 e. The summed E-state index contributed by atoms with van der Waals surface area (Å²) in [6.07, 6.45) is 0. The molecule has 0 atom stereocenters. The summed E-state index contributed by atoms with van der Waals surface area (Å²) in [6, 6.07) is 12.8. The van der Waals surface area contributed by atoms with Gasteiger partial charge in [0.25, 0.3) is 0 Å². The lowest BCUT2D eigenvalue weighted by Gasteiger charge is -2.14. The zero-order valence-electron chi connectivity index (χ0n) is 12.3. The maximum atomic E-state index is 11.3. The molecule has 0 bridgehead atoms. The number of nitrogens with zero attached hydrogens (tertiary/aromatic N) is 2. The Morgan fingerprint density at radius 1 is 1.05 bits per heavy atom. The van der Waals surface area contributed by atoms with Gasteiger partial charge in [-0.25, -0.2) is 0 Å². The highest BCUT2D eigenvalue weighted by Gasteiger charge is 2.18. The zero-order chi connectivity index (χ0) is 15.4. The fourth-order valence-corrected chi connectivity index (χ4v) is 2.04. The summed E-state index contributed by atoms with van der Waals surface area (Å²) in [6.45, 7) is 0. The molecular formula is C15H18N4O2. The summed E-state index contributed by atoms with van der Waals surface area (Å²) in [7, 11) is 5.59. The van der Waals surface area contributed by atoms with Gasteiger partial charge in [-0.1, -0.05) is 6.07 Å². The minimum atomic E-state index is -0.387. The van der Waals surface area contributed by atoms with Gasteiger partial charge >= 0.3 is 5.69 Å². The van der Waals surface area contributed by atoms with Gasteiger partial charge in [-0.05, 0) is 36.4 Å².